The van der Waals surface area contributed by atoms with E-state index in [1.54, 1.807) is 12.1 Å². The van der Waals surface area contributed by atoms with Crippen molar-refractivity contribution in [1.29, 1.82) is 0 Å². The standard InChI is InChI=1S/C16H21FN2/c17-15-3-1-11(2-4-15)7-18-16-13-5-12-6-14(16)10-19(8-12)9-13/h1-4,12-14,16,18H,5-10H2. The van der Waals surface area contributed by atoms with Gasteiger partial charge in [-0.25, -0.2) is 4.39 Å². The first-order valence-electron chi connectivity index (χ1n) is 7.48. The van der Waals surface area contributed by atoms with E-state index in [9.17, 15) is 4.39 Å². The molecule has 1 N–H and O–H groups in total. The summed E-state index contributed by atoms with van der Waals surface area (Å²) in [4.78, 5) is 2.66. The molecule has 1 aromatic rings. The molecule has 3 heteroatoms. The second kappa shape index (κ2) is 4.57. The highest BCUT2D eigenvalue weighted by molar-refractivity contribution is 5.16. The van der Waals surface area contributed by atoms with Gasteiger partial charge in [0.15, 0.2) is 0 Å². The molecule has 4 bridgehead atoms. The first-order valence-corrected chi connectivity index (χ1v) is 7.48. The Labute approximate surface area is 114 Å². The summed E-state index contributed by atoms with van der Waals surface area (Å²) in [5.41, 5.74) is 1.19. The van der Waals surface area contributed by atoms with Crippen LogP contribution in [0.3, 0.4) is 0 Å². The average molecular weight is 260 g/mol. The molecule has 0 spiro atoms. The molecule has 3 saturated heterocycles. The van der Waals surface area contributed by atoms with Crippen molar-refractivity contribution in [1.82, 2.24) is 10.2 Å². The van der Waals surface area contributed by atoms with Gasteiger partial charge in [-0.2, -0.15) is 0 Å². The summed E-state index contributed by atoms with van der Waals surface area (Å²) in [6, 6.07) is 7.57. The van der Waals surface area contributed by atoms with Crippen LogP contribution in [0, 0.1) is 23.6 Å². The van der Waals surface area contributed by atoms with E-state index in [4.69, 9.17) is 0 Å². The van der Waals surface area contributed by atoms with Crippen LogP contribution in [0.4, 0.5) is 4.39 Å². The van der Waals surface area contributed by atoms with Crippen LogP contribution in [0.2, 0.25) is 0 Å². The first kappa shape index (κ1) is 11.9. The van der Waals surface area contributed by atoms with Crippen LogP contribution in [-0.4, -0.2) is 30.6 Å². The lowest BCUT2D eigenvalue weighted by Gasteiger charge is -2.56. The molecular weight excluding hydrogens is 239 g/mol. The summed E-state index contributed by atoms with van der Waals surface area (Å²) in [7, 11) is 0. The van der Waals surface area contributed by atoms with Crippen molar-refractivity contribution in [3.05, 3.63) is 35.6 Å². The Morgan fingerprint density at radius 1 is 1.05 bits per heavy atom. The fraction of sp³-hybridized carbons (Fsp3) is 0.625. The maximum Gasteiger partial charge on any atom is 0.123 e. The van der Waals surface area contributed by atoms with E-state index in [2.05, 4.69) is 10.2 Å². The zero-order valence-corrected chi connectivity index (χ0v) is 11.2. The molecule has 0 amide bonds. The second-order valence-electron chi connectivity index (χ2n) is 6.61. The maximum absolute atomic E-state index is 12.9. The van der Waals surface area contributed by atoms with Gasteiger partial charge in [0.05, 0.1) is 0 Å². The van der Waals surface area contributed by atoms with E-state index in [1.807, 2.05) is 12.1 Å². The summed E-state index contributed by atoms with van der Waals surface area (Å²) in [6.45, 7) is 4.79. The molecule has 19 heavy (non-hydrogen) atoms. The van der Waals surface area contributed by atoms with Crippen molar-refractivity contribution in [3.8, 4) is 0 Å². The second-order valence-corrected chi connectivity index (χ2v) is 6.61. The predicted molar refractivity (Wildman–Crippen MR) is 73.2 cm³/mol. The highest BCUT2D eigenvalue weighted by Crippen LogP contribution is 2.43. The number of rotatable bonds is 3. The van der Waals surface area contributed by atoms with Crippen LogP contribution < -0.4 is 5.32 Å². The van der Waals surface area contributed by atoms with Crippen molar-refractivity contribution in [2.75, 3.05) is 19.6 Å². The molecule has 3 heterocycles. The number of halogens is 1. The summed E-state index contributed by atoms with van der Waals surface area (Å²) >= 11 is 0. The molecule has 1 saturated carbocycles. The van der Waals surface area contributed by atoms with Gasteiger partial charge in [-0.1, -0.05) is 12.1 Å². The van der Waals surface area contributed by atoms with Crippen LogP contribution in [0.15, 0.2) is 24.3 Å². The normalized spacial score (nSPS) is 39.7. The lowest BCUT2D eigenvalue weighted by molar-refractivity contribution is -0.0446. The van der Waals surface area contributed by atoms with Gasteiger partial charge in [0, 0.05) is 32.2 Å². The van der Waals surface area contributed by atoms with Gasteiger partial charge >= 0.3 is 0 Å². The Kier molecular flexibility index (Phi) is 2.85. The maximum atomic E-state index is 12.9. The van der Waals surface area contributed by atoms with E-state index in [1.165, 1.54) is 38.0 Å². The van der Waals surface area contributed by atoms with Gasteiger partial charge in [-0.05, 0) is 48.3 Å². The monoisotopic (exact) mass is 260 g/mol. The fourth-order valence-electron chi connectivity index (χ4n) is 4.58. The third kappa shape index (κ3) is 2.19. The quantitative estimate of drug-likeness (QED) is 0.897. The van der Waals surface area contributed by atoms with Crippen LogP contribution >= 0.6 is 0 Å². The zero-order valence-electron chi connectivity index (χ0n) is 11.2. The molecule has 2 atom stereocenters. The lowest BCUT2D eigenvalue weighted by Crippen LogP contribution is -2.63. The molecule has 102 valence electrons. The van der Waals surface area contributed by atoms with E-state index in [-0.39, 0.29) is 5.82 Å². The number of benzene rings is 1. The third-order valence-corrected chi connectivity index (χ3v) is 5.24. The van der Waals surface area contributed by atoms with Gasteiger partial charge in [-0.3, -0.25) is 0 Å². The van der Waals surface area contributed by atoms with Crippen molar-refractivity contribution < 1.29 is 4.39 Å². The molecule has 2 nitrogen and oxygen atoms in total. The van der Waals surface area contributed by atoms with Crippen LogP contribution in [0.25, 0.3) is 0 Å². The van der Waals surface area contributed by atoms with E-state index >= 15 is 0 Å². The Morgan fingerprint density at radius 2 is 1.74 bits per heavy atom. The van der Waals surface area contributed by atoms with Gasteiger partial charge in [0.25, 0.3) is 0 Å². The molecule has 4 fully saturated rings. The van der Waals surface area contributed by atoms with E-state index in [0.29, 0.717) is 6.04 Å². The molecule has 2 unspecified atom stereocenters. The predicted octanol–water partition coefficient (Wildman–Crippen LogP) is 2.26. The average Bonchev–Trinajstić information content (AvgIpc) is 2.39. The summed E-state index contributed by atoms with van der Waals surface area (Å²) in [6.07, 6.45) is 2.82. The Hall–Kier alpha value is -0.930. The highest BCUT2D eigenvalue weighted by atomic mass is 19.1. The van der Waals surface area contributed by atoms with E-state index in [0.717, 1.165) is 24.3 Å². The van der Waals surface area contributed by atoms with E-state index < -0.39 is 0 Å². The number of piperidine rings is 3. The Morgan fingerprint density at radius 3 is 2.37 bits per heavy atom. The van der Waals surface area contributed by atoms with Gasteiger partial charge in [0.1, 0.15) is 5.82 Å². The van der Waals surface area contributed by atoms with Crippen molar-refractivity contribution >= 4 is 0 Å². The lowest BCUT2D eigenvalue weighted by atomic mass is 9.65. The van der Waals surface area contributed by atoms with Gasteiger partial charge in [-0.15, -0.1) is 0 Å². The van der Waals surface area contributed by atoms with Gasteiger partial charge < -0.3 is 10.2 Å². The number of nitrogens with one attached hydrogen (secondary N) is 1. The van der Waals surface area contributed by atoms with Crippen molar-refractivity contribution in [2.24, 2.45) is 17.8 Å². The number of hydrogen-bond donors (Lipinski definition) is 1. The first-order chi connectivity index (χ1) is 9.28. The third-order valence-electron chi connectivity index (χ3n) is 5.24. The summed E-state index contributed by atoms with van der Waals surface area (Å²) < 4.78 is 12.9. The van der Waals surface area contributed by atoms with Crippen LogP contribution in [0.1, 0.15) is 18.4 Å². The topological polar surface area (TPSA) is 15.3 Å². The molecule has 4 aliphatic rings. The summed E-state index contributed by atoms with van der Waals surface area (Å²) in [5, 5.41) is 3.75. The summed E-state index contributed by atoms with van der Waals surface area (Å²) in [5.74, 6) is 2.49. The van der Waals surface area contributed by atoms with Crippen molar-refractivity contribution in [2.45, 2.75) is 25.4 Å². The smallest absolute Gasteiger partial charge is 0.123 e. The van der Waals surface area contributed by atoms with Crippen LogP contribution in [0.5, 0.6) is 0 Å². The molecule has 1 aromatic carbocycles. The SMILES string of the molecule is Fc1ccc(CNC2C3CC4CC2CN(C4)C3)cc1. The molecule has 5 rings (SSSR count). The minimum atomic E-state index is -0.147. The fourth-order valence-corrected chi connectivity index (χ4v) is 4.58. The van der Waals surface area contributed by atoms with Crippen LogP contribution in [-0.2, 0) is 6.54 Å². The molecule has 0 aromatic heterocycles. The molecule has 0 radical (unpaired) electrons. The number of hydrogen-bond acceptors (Lipinski definition) is 2. The molecule has 1 aliphatic carbocycles. The minimum absolute atomic E-state index is 0.147. The Bertz CT molecular complexity index is 428. The Balaban J connectivity index is 1.42. The zero-order chi connectivity index (χ0) is 12.8. The largest absolute Gasteiger partial charge is 0.309 e. The van der Waals surface area contributed by atoms with Crippen molar-refractivity contribution in [3.63, 3.8) is 0 Å². The molecular formula is C16H21FN2. The van der Waals surface area contributed by atoms with Gasteiger partial charge in [0.2, 0.25) is 0 Å². The minimum Gasteiger partial charge on any atom is -0.309 e. The number of nitrogens with zero attached hydrogens (tertiary/aromatic N) is 1. The highest BCUT2D eigenvalue weighted by Gasteiger charge is 2.46. The molecule has 3 aliphatic heterocycles.